The molecule has 0 bridgehead atoms. The largest absolute Gasteiger partial charge is 0.352 e. The van der Waals surface area contributed by atoms with Crippen LogP contribution in [0.1, 0.15) is 41.2 Å². The fraction of sp³-hybridized carbons (Fsp3) is 0.500. The topological polar surface area (TPSA) is 85.6 Å². The Bertz CT molecular complexity index is 604. The number of hydrogen-bond acceptors (Lipinski definition) is 5. The molecule has 7 nitrogen and oxygen atoms in total. The van der Waals surface area contributed by atoms with Crippen LogP contribution < -0.4 is 5.32 Å². The highest BCUT2D eigenvalue weighted by Gasteiger charge is 2.07. The Kier molecular flexibility index (Phi) is 4.97. The van der Waals surface area contributed by atoms with Crippen molar-refractivity contribution in [3.63, 3.8) is 0 Å². The zero-order chi connectivity index (χ0) is 15.2. The molecule has 0 unspecified atom stereocenters. The summed E-state index contributed by atoms with van der Waals surface area (Å²) in [6.07, 6.45) is 4.68. The van der Waals surface area contributed by atoms with Crippen LogP contribution in [0.3, 0.4) is 0 Å². The van der Waals surface area contributed by atoms with Gasteiger partial charge in [-0.1, -0.05) is 6.92 Å². The van der Waals surface area contributed by atoms with E-state index in [1.54, 1.807) is 12.4 Å². The molecule has 2 aromatic rings. The first-order valence-corrected chi connectivity index (χ1v) is 7.07. The third kappa shape index (κ3) is 4.08. The first-order chi connectivity index (χ1) is 10.1. The van der Waals surface area contributed by atoms with Crippen molar-refractivity contribution in [2.45, 2.75) is 40.2 Å². The van der Waals surface area contributed by atoms with Crippen LogP contribution in [0.2, 0.25) is 0 Å². The van der Waals surface area contributed by atoms with Crippen LogP contribution in [0.5, 0.6) is 0 Å². The molecule has 0 saturated carbocycles. The highest BCUT2D eigenvalue weighted by atomic mass is 16.1. The summed E-state index contributed by atoms with van der Waals surface area (Å²) in [6, 6.07) is 0. The number of carbonyl (C=O) groups excluding carboxylic acids is 1. The molecule has 2 aromatic heterocycles. The van der Waals surface area contributed by atoms with Crippen molar-refractivity contribution < 1.29 is 4.79 Å². The maximum absolute atomic E-state index is 11.9. The first kappa shape index (κ1) is 15.1. The number of nitrogens with one attached hydrogen (secondary N) is 1. The van der Waals surface area contributed by atoms with Crippen molar-refractivity contribution in [3.8, 4) is 0 Å². The molecule has 0 aliphatic heterocycles. The summed E-state index contributed by atoms with van der Waals surface area (Å²) in [7, 11) is 0. The summed E-state index contributed by atoms with van der Waals surface area (Å²) < 4.78 is 1.85. The van der Waals surface area contributed by atoms with Crippen molar-refractivity contribution in [2.75, 3.05) is 6.54 Å². The molecular weight excluding hydrogens is 268 g/mol. The smallest absolute Gasteiger partial charge is 0.254 e. The minimum Gasteiger partial charge on any atom is -0.352 e. The van der Waals surface area contributed by atoms with E-state index < -0.39 is 0 Å². The third-order valence-corrected chi connectivity index (χ3v) is 3.08. The minimum absolute atomic E-state index is 0.149. The lowest BCUT2D eigenvalue weighted by molar-refractivity contribution is 0.0952. The summed E-state index contributed by atoms with van der Waals surface area (Å²) >= 11 is 0. The van der Waals surface area contributed by atoms with Crippen molar-refractivity contribution in [1.82, 2.24) is 30.0 Å². The fourth-order valence-electron chi connectivity index (χ4n) is 1.96. The van der Waals surface area contributed by atoms with E-state index in [1.807, 2.05) is 25.5 Å². The molecule has 112 valence electrons. The Balaban J connectivity index is 1.77. The van der Waals surface area contributed by atoms with Crippen molar-refractivity contribution in [1.29, 1.82) is 0 Å². The number of rotatable bonds is 6. The number of aryl methyl sites for hydroxylation is 4. The molecule has 0 saturated heterocycles. The van der Waals surface area contributed by atoms with E-state index in [9.17, 15) is 4.79 Å². The van der Waals surface area contributed by atoms with Crippen LogP contribution in [-0.4, -0.2) is 37.2 Å². The van der Waals surface area contributed by atoms with E-state index in [0.29, 0.717) is 12.1 Å². The predicted molar refractivity (Wildman–Crippen MR) is 77.9 cm³/mol. The maximum Gasteiger partial charge on any atom is 0.254 e. The van der Waals surface area contributed by atoms with Gasteiger partial charge in [-0.15, -0.1) is 0 Å². The second kappa shape index (κ2) is 6.92. The Hall–Kier alpha value is -2.31. The number of amides is 1. The molecule has 0 spiro atoms. The molecule has 0 radical (unpaired) electrons. The van der Waals surface area contributed by atoms with Gasteiger partial charge in [0.1, 0.15) is 17.5 Å². The molecule has 2 heterocycles. The fourth-order valence-corrected chi connectivity index (χ4v) is 1.96. The lowest BCUT2D eigenvalue weighted by Gasteiger charge is -2.06. The quantitative estimate of drug-likeness (QED) is 0.803. The Morgan fingerprint density at radius 3 is 2.57 bits per heavy atom. The van der Waals surface area contributed by atoms with Gasteiger partial charge in [0.25, 0.3) is 5.91 Å². The second-order valence-corrected chi connectivity index (χ2v) is 4.78. The van der Waals surface area contributed by atoms with E-state index >= 15 is 0 Å². The SMILES string of the molecule is CCc1ncc(C(=O)NCCCn2nc(C)nc2C)cn1. The summed E-state index contributed by atoms with van der Waals surface area (Å²) in [6.45, 7) is 7.07. The van der Waals surface area contributed by atoms with E-state index in [1.165, 1.54) is 0 Å². The molecule has 1 amide bonds. The van der Waals surface area contributed by atoms with Gasteiger partial charge in [-0.2, -0.15) is 5.10 Å². The predicted octanol–water partition coefficient (Wildman–Crippen LogP) is 1.07. The number of aromatic nitrogens is 5. The Labute approximate surface area is 123 Å². The van der Waals surface area contributed by atoms with Crippen molar-refractivity contribution >= 4 is 5.91 Å². The van der Waals surface area contributed by atoms with E-state index in [-0.39, 0.29) is 5.91 Å². The molecule has 0 fully saturated rings. The molecule has 0 aliphatic rings. The average molecular weight is 288 g/mol. The maximum atomic E-state index is 11.9. The Morgan fingerprint density at radius 1 is 1.29 bits per heavy atom. The zero-order valence-corrected chi connectivity index (χ0v) is 12.6. The highest BCUT2D eigenvalue weighted by molar-refractivity contribution is 5.93. The van der Waals surface area contributed by atoms with Gasteiger partial charge in [-0.3, -0.25) is 9.48 Å². The van der Waals surface area contributed by atoms with Crippen LogP contribution in [0.4, 0.5) is 0 Å². The van der Waals surface area contributed by atoms with E-state index in [4.69, 9.17) is 0 Å². The molecule has 0 aromatic carbocycles. The van der Waals surface area contributed by atoms with Gasteiger partial charge >= 0.3 is 0 Å². The normalized spacial score (nSPS) is 10.6. The van der Waals surface area contributed by atoms with E-state index in [2.05, 4.69) is 25.4 Å². The molecular formula is C14H20N6O. The lowest BCUT2D eigenvalue weighted by atomic mass is 10.3. The van der Waals surface area contributed by atoms with Crippen molar-refractivity contribution in [3.05, 3.63) is 35.4 Å². The van der Waals surface area contributed by atoms with Gasteiger partial charge in [-0.25, -0.2) is 15.0 Å². The van der Waals surface area contributed by atoms with Crippen LogP contribution >= 0.6 is 0 Å². The van der Waals surface area contributed by atoms with Crippen molar-refractivity contribution in [2.24, 2.45) is 0 Å². The molecule has 7 heteroatoms. The molecule has 0 atom stereocenters. The summed E-state index contributed by atoms with van der Waals surface area (Å²) in [5.41, 5.74) is 0.486. The molecule has 2 rings (SSSR count). The lowest BCUT2D eigenvalue weighted by Crippen LogP contribution is -2.25. The van der Waals surface area contributed by atoms with Gasteiger partial charge in [0, 0.05) is 31.9 Å². The Morgan fingerprint density at radius 2 is 2.00 bits per heavy atom. The van der Waals surface area contributed by atoms with Gasteiger partial charge in [0.05, 0.1) is 5.56 Å². The molecule has 1 N–H and O–H groups in total. The number of hydrogen-bond donors (Lipinski definition) is 1. The van der Waals surface area contributed by atoms with Gasteiger partial charge in [0.2, 0.25) is 0 Å². The minimum atomic E-state index is -0.149. The third-order valence-electron chi connectivity index (χ3n) is 3.08. The summed E-state index contributed by atoms with van der Waals surface area (Å²) in [5.74, 6) is 2.25. The second-order valence-electron chi connectivity index (χ2n) is 4.78. The number of nitrogens with zero attached hydrogens (tertiary/aromatic N) is 5. The van der Waals surface area contributed by atoms with Crippen LogP contribution in [0, 0.1) is 13.8 Å². The van der Waals surface area contributed by atoms with Gasteiger partial charge < -0.3 is 5.32 Å². The zero-order valence-electron chi connectivity index (χ0n) is 12.6. The van der Waals surface area contributed by atoms with Crippen LogP contribution in [-0.2, 0) is 13.0 Å². The molecule has 21 heavy (non-hydrogen) atoms. The molecule has 0 aliphatic carbocycles. The van der Waals surface area contributed by atoms with Crippen LogP contribution in [0.25, 0.3) is 0 Å². The van der Waals surface area contributed by atoms with Crippen LogP contribution in [0.15, 0.2) is 12.4 Å². The highest BCUT2D eigenvalue weighted by Crippen LogP contribution is 1.99. The standard InChI is InChI=1S/C14H20N6O/c1-4-13-16-8-12(9-17-13)14(21)15-6-5-7-20-11(3)18-10(2)19-20/h8-9H,4-7H2,1-3H3,(H,15,21). The number of carbonyl (C=O) groups is 1. The first-order valence-electron chi connectivity index (χ1n) is 7.07. The average Bonchev–Trinajstić information content (AvgIpc) is 2.81. The summed E-state index contributed by atoms with van der Waals surface area (Å²) in [5, 5.41) is 7.13. The summed E-state index contributed by atoms with van der Waals surface area (Å²) in [4.78, 5) is 24.4. The van der Waals surface area contributed by atoms with Gasteiger partial charge in [-0.05, 0) is 20.3 Å². The monoisotopic (exact) mass is 288 g/mol. The van der Waals surface area contributed by atoms with Gasteiger partial charge in [0.15, 0.2) is 0 Å². The van der Waals surface area contributed by atoms with E-state index in [0.717, 1.165) is 36.9 Å².